The highest BCUT2D eigenvalue weighted by molar-refractivity contribution is 6.31. The van der Waals surface area contributed by atoms with Crippen LogP contribution in [0.15, 0.2) is 43.0 Å². The second-order valence-corrected chi connectivity index (χ2v) is 6.08. The SMILES string of the molecule is O=C(COC(=O)[C@@H]1CC=CCC1)Nc1cc(Cl)ccc1-n1cncn1. The molecule has 1 N–H and O–H groups in total. The van der Waals surface area contributed by atoms with Gasteiger partial charge in [0.2, 0.25) is 0 Å². The van der Waals surface area contributed by atoms with E-state index in [1.807, 2.05) is 12.2 Å². The fourth-order valence-corrected chi connectivity index (χ4v) is 2.76. The number of rotatable bonds is 5. The summed E-state index contributed by atoms with van der Waals surface area (Å²) in [4.78, 5) is 28.0. The van der Waals surface area contributed by atoms with E-state index >= 15 is 0 Å². The number of aromatic nitrogens is 3. The van der Waals surface area contributed by atoms with Gasteiger partial charge in [-0.15, -0.1) is 0 Å². The van der Waals surface area contributed by atoms with Gasteiger partial charge in [0.1, 0.15) is 12.7 Å². The Morgan fingerprint density at radius 2 is 2.24 bits per heavy atom. The zero-order valence-corrected chi connectivity index (χ0v) is 14.1. The van der Waals surface area contributed by atoms with Crippen molar-refractivity contribution >= 4 is 29.2 Å². The summed E-state index contributed by atoms with van der Waals surface area (Å²) in [7, 11) is 0. The maximum Gasteiger partial charge on any atom is 0.309 e. The first-order valence-corrected chi connectivity index (χ1v) is 8.27. The van der Waals surface area contributed by atoms with E-state index in [2.05, 4.69) is 15.4 Å². The van der Waals surface area contributed by atoms with Gasteiger partial charge in [0.15, 0.2) is 6.61 Å². The Hall–Kier alpha value is -2.67. The molecule has 3 rings (SSSR count). The van der Waals surface area contributed by atoms with Crippen molar-refractivity contribution in [1.82, 2.24) is 14.8 Å². The number of halogens is 1. The first-order valence-electron chi connectivity index (χ1n) is 7.89. The van der Waals surface area contributed by atoms with Crippen LogP contribution in [0.3, 0.4) is 0 Å². The Morgan fingerprint density at radius 3 is 2.96 bits per heavy atom. The zero-order valence-electron chi connectivity index (χ0n) is 13.4. The van der Waals surface area contributed by atoms with Crippen LogP contribution in [-0.2, 0) is 14.3 Å². The Balaban J connectivity index is 1.62. The maximum absolute atomic E-state index is 12.1. The molecule has 2 aromatic rings. The lowest BCUT2D eigenvalue weighted by Crippen LogP contribution is -2.25. The number of esters is 1. The average molecular weight is 361 g/mol. The third kappa shape index (κ3) is 4.45. The molecule has 130 valence electrons. The van der Waals surface area contributed by atoms with Gasteiger partial charge in [-0.25, -0.2) is 9.67 Å². The molecule has 0 aliphatic heterocycles. The van der Waals surface area contributed by atoms with Crippen molar-refractivity contribution in [2.75, 3.05) is 11.9 Å². The molecule has 0 bridgehead atoms. The smallest absolute Gasteiger partial charge is 0.309 e. The summed E-state index contributed by atoms with van der Waals surface area (Å²) in [5.74, 6) is -0.958. The number of amides is 1. The van der Waals surface area contributed by atoms with E-state index in [1.54, 1.807) is 18.2 Å². The summed E-state index contributed by atoms with van der Waals surface area (Å²) in [6.07, 6.45) is 9.17. The van der Waals surface area contributed by atoms with Gasteiger partial charge in [-0.05, 0) is 37.5 Å². The molecule has 0 saturated heterocycles. The Kier molecular flexibility index (Phi) is 5.45. The van der Waals surface area contributed by atoms with Gasteiger partial charge < -0.3 is 10.1 Å². The van der Waals surface area contributed by atoms with Crippen molar-refractivity contribution in [3.05, 3.63) is 48.0 Å². The van der Waals surface area contributed by atoms with Gasteiger partial charge in [0.05, 0.1) is 17.3 Å². The molecule has 7 nitrogen and oxygen atoms in total. The van der Waals surface area contributed by atoms with E-state index in [9.17, 15) is 9.59 Å². The van der Waals surface area contributed by atoms with E-state index in [-0.39, 0.29) is 18.5 Å². The molecule has 1 heterocycles. The average Bonchev–Trinajstić information content (AvgIpc) is 3.15. The molecule has 0 unspecified atom stereocenters. The summed E-state index contributed by atoms with van der Waals surface area (Å²) >= 11 is 6.00. The van der Waals surface area contributed by atoms with E-state index < -0.39 is 5.91 Å². The molecule has 0 fully saturated rings. The minimum atomic E-state index is -0.441. The highest BCUT2D eigenvalue weighted by Gasteiger charge is 2.21. The fourth-order valence-electron chi connectivity index (χ4n) is 2.59. The molecule has 1 aromatic carbocycles. The number of nitrogens with one attached hydrogen (secondary N) is 1. The minimum Gasteiger partial charge on any atom is -0.455 e. The Bertz CT molecular complexity index is 789. The molecule has 0 radical (unpaired) electrons. The molecule has 1 atom stereocenters. The van der Waals surface area contributed by atoms with Gasteiger partial charge >= 0.3 is 5.97 Å². The lowest BCUT2D eigenvalue weighted by Gasteiger charge is -2.16. The quantitative estimate of drug-likeness (QED) is 0.654. The first-order chi connectivity index (χ1) is 12.1. The van der Waals surface area contributed by atoms with Crippen molar-refractivity contribution in [1.29, 1.82) is 0 Å². The van der Waals surface area contributed by atoms with Gasteiger partial charge in [0.25, 0.3) is 5.91 Å². The van der Waals surface area contributed by atoms with Crippen molar-refractivity contribution in [2.45, 2.75) is 19.3 Å². The number of anilines is 1. The highest BCUT2D eigenvalue weighted by Crippen LogP contribution is 2.24. The van der Waals surface area contributed by atoms with Crippen molar-refractivity contribution in [2.24, 2.45) is 5.92 Å². The van der Waals surface area contributed by atoms with Crippen molar-refractivity contribution < 1.29 is 14.3 Å². The molecule has 1 amide bonds. The number of nitrogens with zero attached hydrogens (tertiary/aromatic N) is 3. The second-order valence-electron chi connectivity index (χ2n) is 5.64. The molecule has 1 aliphatic rings. The maximum atomic E-state index is 12.1. The Morgan fingerprint density at radius 1 is 1.36 bits per heavy atom. The van der Waals surface area contributed by atoms with Crippen LogP contribution in [0.4, 0.5) is 5.69 Å². The third-order valence-corrected chi connectivity index (χ3v) is 4.08. The van der Waals surface area contributed by atoms with Crippen LogP contribution in [0.1, 0.15) is 19.3 Å². The Labute approximate surface area is 149 Å². The number of carbonyl (C=O) groups is 2. The molecule has 8 heteroatoms. The number of carbonyl (C=O) groups excluding carboxylic acids is 2. The van der Waals surface area contributed by atoms with Gasteiger partial charge in [0, 0.05) is 5.02 Å². The van der Waals surface area contributed by atoms with Crippen LogP contribution in [0.25, 0.3) is 5.69 Å². The first kappa shape index (κ1) is 17.2. The number of ether oxygens (including phenoxy) is 1. The molecule has 1 aromatic heterocycles. The lowest BCUT2D eigenvalue weighted by molar-refractivity contribution is -0.151. The monoisotopic (exact) mass is 360 g/mol. The van der Waals surface area contributed by atoms with E-state index in [1.165, 1.54) is 17.3 Å². The second kappa shape index (κ2) is 7.94. The van der Waals surface area contributed by atoms with Crippen LogP contribution in [0.2, 0.25) is 5.02 Å². The standard InChI is InChI=1S/C17H17ClN4O3/c18-13-6-7-15(22-11-19-10-20-22)14(8-13)21-16(23)9-25-17(24)12-4-2-1-3-5-12/h1-2,6-8,10-12H,3-5,9H2,(H,21,23)/t12-/m1/s1. The molecular weight excluding hydrogens is 344 g/mol. The topological polar surface area (TPSA) is 86.1 Å². The minimum absolute atomic E-state index is 0.172. The van der Waals surface area contributed by atoms with E-state index in [0.29, 0.717) is 22.8 Å². The van der Waals surface area contributed by atoms with Crippen LogP contribution < -0.4 is 5.32 Å². The predicted octanol–water partition coefficient (Wildman–Crippen LogP) is 2.76. The van der Waals surface area contributed by atoms with Crippen LogP contribution in [-0.4, -0.2) is 33.2 Å². The summed E-state index contributed by atoms with van der Waals surface area (Å²) in [6.45, 7) is -0.345. The molecule has 1 aliphatic carbocycles. The lowest BCUT2D eigenvalue weighted by atomic mass is 9.95. The van der Waals surface area contributed by atoms with Gasteiger partial charge in [-0.3, -0.25) is 9.59 Å². The fraction of sp³-hybridized carbons (Fsp3) is 0.294. The predicted molar refractivity (Wildman–Crippen MR) is 92.4 cm³/mol. The molecule has 25 heavy (non-hydrogen) atoms. The number of benzene rings is 1. The normalized spacial score (nSPS) is 16.4. The summed E-state index contributed by atoms with van der Waals surface area (Å²) in [6, 6.07) is 5.00. The van der Waals surface area contributed by atoms with Crippen molar-refractivity contribution in [3.63, 3.8) is 0 Å². The van der Waals surface area contributed by atoms with Crippen LogP contribution in [0, 0.1) is 5.92 Å². The number of hydrogen-bond donors (Lipinski definition) is 1. The van der Waals surface area contributed by atoms with E-state index in [0.717, 1.165) is 12.8 Å². The van der Waals surface area contributed by atoms with Crippen molar-refractivity contribution in [3.8, 4) is 5.69 Å². The largest absolute Gasteiger partial charge is 0.455 e. The third-order valence-electron chi connectivity index (χ3n) is 3.85. The van der Waals surface area contributed by atoms with E-state index in [4.69, 9.17) is 16.3 Å². The van der Waals surface area contributed by atoms with Crippen LogP contribution >= 0.6 is 11.6 Å². The summed E-state index contributed by atoms with van der Waals surface area (Å²) < 4.78 is 6.63. The van der Waals surface area contributed by atoms with Crippen LogP contribution in [0.5, 0.6) is 0 Å². The molecular formula is C17H17ClN4O3. The zero-order chi connectivity index (χ0) is 17.6. The summed E-state index contributed by atoms with van der Waals surface area (Å²) in [5, 5.41) is 7.20. The van der Waals surface area contributed by atoms with Gasteiger partial charge in [-0.1, -0.05) is 23.8 Å². The van der Waals surface area contributed by atoms with Gasteiger partial charge in [-0.2, -0.15) is 5.10 Å². The number of hydrogen-bond acceptors (Lipinski definition) is 5. The number of allylic oxidation sites excluding steroid dienone is 2. The molecule has 0 spiro atoms. The molecule has 0 saturated carbocycles. The highest BCUT2D eigenvalue weighted by atomic mass is 35.5. The summed E-state index contributed by atoms with van der Waals surface area (Å²) in [5.41, 5.74) is 1.07.